The number of amides is 1. The third-order valence-electron chi connectivity index (χ3n) is 5.79. The Balaban J connectivity index is 1.26. The predicted molar refractivity (Wildman–Crippen MR) is 120 cm³/mol. The molecule has 2 saturated heterocycles. The van der Waals surface area contributed by atoms with Gasteiger partial charge in [0, 0.05) is 58.6 Å². The predicted octanol–water partition coefficient (Wildman–Crippen LogP) is 1.53. The lowest BCUT2D eigenvalue weighted by atomic mass is 10.3. The minimum Gasteiger partial charge on any atom is -0.354 e. The van der Waals surface area contributed by atoms with Crippen LogP contribution in [-0.4, -0.2) is 92.3 Å². The van der Waals surface area contributed by atoms with Gasteiger partial charge >= 0.3 is 0 Å². The molecular weight excluding hydrogens is 457 g/mol. The van der Waals surface area contributed by atoms with Crippen molar-refractivity contribution in [3.05, 3.63) is 53.4 Å². The molecule has 0 unspecified atom stereocenters. The average Bonchev–Trinajstić information content (AvgIpc) is 2.80. The van der Waals surface area contributed by atoms with E-state index in [0.717, 1.165) is 38.1 Å². The number of hydrogen-bond acceptors (Lipinski definition) is 6. The van der Waals surface area contributed by atoms with E-state index < -0.39 is 15.8 Å². The first kappa shape index (κ1) is 22.9. The van der Waals surface area contributed by atoms with Crippen LogP contribution in [0.5, 0.6) is 0 Å². The van der Waals surface area contributed by atoms with Gasteiger partial charge in [0.05, 0.1) is 16.5 Å². The molecule has 3 heterocycles. The van der Waals surface area contributed by atoms with E-state index in [1.165, 1.54) is 22.5 Å². The lowest BCUT2D eigenvalue weighted by Gasteiger charge is -2.38. The number of pyridine rings is 1. The molecule has 1 aromatic heterocycles. The van der Waals surface area contributed by atoms with Crippen LogP contribution in [0.15, 0.2) is 47.5 Å². The van der Waals surface area contributed by atoms with Gasteiger partial charge in [-0.3, -0.25) is 9.69 Å². The van der Waals surface area contributed by atoms with Gasteiger partial charge in [-0.05, 0) is 30.3 Å². The molecule has 2 fully saturated rings. The lowest BCUT2D eigenvalue weighted by Crippen LogP contribution is -2.54. The molecule has 8 nitrogen and oxygen atoms in total. The van der Waals surface area contributed by atoms with Crippen LogP contribution in [0.2, 0.25) is 5.02 Å². The summed E-state index contributed by atoms with van der Waals surface area (Å²) in [5, 5.41) is 0.599. The van der Waals surface area contributed by atoms with Gasteiger partial charge in [-0.1, -0.05) is 17.7 Å². The molecule has 1 aromatic carbocycles. The Morgan fingerprint density at radius 3 is 2.34 bits per heavy atom. The van der Waals surface area contributed by atoms with E-state index in [9.17, 15) is 17.6 Å². The highest BCUT2D eigenvalue weighted by atomic mass is 35.5. The zero-order chi connectivity index (χ0) is 22.7. The van der Waals surface area contributed by atoms with Crippen molar-refractivity contribution >= 4 is 33.3 Å². The highest BCUT2D eigenvalue weighted by Gasteiger charge is 2.31. The van der Waals surface area contributed by atoms with Gasteiger partial charge in [-0.15, -0.1) is 0 Å². The molecule has 0 radical (unpaired) electrons. The number of sulfonamides is 1. The fraction of sp³-hybridized carbons (Fsp3) is 0.429. The SMILES string of the molecule is O=C(CN1CCN(c2ccc(Cl)cn2)CC1)N1CCN(S(=O)(=O)c2cccc(F)c2)CC1. The van der Waals surface area contributed by atoms with Gasteiger partial charge < -0.3 is 9.80 Å². The second-order valence-electron chi connectivity index (χ2n) is 7.84. The summed E-state index contributed by atoms with van der Waals surface area (Å²) in [4.78, 5) is 23.0. The Labute approximate surface area is 192 Å². The number of carbonyl (C=O) groups excluding carboxylic acids is 1. The van der Waals surface area contributed by atoms with Crippen LogP contribution in [0, 0.1) is 5.82 Å². The summed E-state index contributed by atoms with van der Waals surface area (Å²) in [5.74, 6) is 0.272. The second-order valence-corrected chi connectivity index (χ2v) is 10.2. The Morgan fingerprint density at radius 2 is 1.72 bits per heavy atom. The van der Waals surface area contributed by atoms with Crippen LogP contribution in [0.3, 0.4) is 0 Å². The maximum Gasteiger partial charge on any atom is 0.243 e. The van der Waals surface area contributed by atoms with Crippen LogP contribution >= 0.6 is 11.6 Å². The van der Waals surface area contributed by atoms with E-state index in [1.807, 2.05) is 12.1 Å². The summed E-state index contributed by atoms with van der Waals surface area (Å²) in [6.07, 6.45) is 1.63. The number of anilines is 1. The molecule has 0 atom stereocenters. The topological polar surface area (TPSA) is 77.1 Å². The molecule has 172 valence electrons. The summed E-state index contributed by atoms with van der Waals surface area (Å²) in [6, 6.07) is 8.70. The first-order valence-electron chi connectivity index (χ1n) is 10.5. The number of piperazine rings is 2. The van der Waals surface area contributed by atoms with Crippen molar-refractivity contribution in [3.63, 3.8) is 0 Å². The maximum absolute atomic E-state index is 13.4. The van der Waals surface area contributed by atoms with Gasteiger partial charge in [-0.25, -0.2) is 17.8 Å². The Bertz CT molecular complexity index is 1050. The number of benzene rings is 1. The van der Waals surface area contributed by atoms with Crippen LogP contribution in [0.4, 0.5) is 10.2 Å². The van der Waals surface area contributed by atoms with Gasteiger partial charge in [-0.2, -0.15) is 4.31 Å². The molecule has 0 saturated carbocycles. The number of nitrogens with zero attached hydrogens (tertiary/aromatic N) is 5. The van der Waals surface area contributed by atoms with E-state index in [1.54, 1.807) is 11.1 Å². The van der Waals surface area contributed by atoms with Crippen molar-refractivity contribution in [1.29, 1.82) is 0 Å². The lowest BCUT2D eigenvalue weighted by molar-refractivity contribution is -0.133. The van der Waals surface area contributed by atoms with Gasteiger partial charge in [0.15, 0.2) is 0 Å². The first-order chi connectivity index (χ1) is 15.3. The molecule has 11 heteroatoms. The van der Waals surface area contributed by atoms with Gasteiger partial charge in [0.25, 0.3) is 0 Å². The third-order valence-corrected chi connectivity index (χ3v) is 7.91. The quantitative estimate of drug-likeness (QED) is 0.644. The monoisotopic (exact) mass is 481 g/mol. The van der Waals surface area contributed by atoms with Crippen LogP contribution in [0.25, 0.3) is 0 Å². The molecule has 0 spiro atoms. The summed E-state index contributed by atoms with van der Waals surface area (Å²) in [6.45, 7) is 4.35. The zero-order valence-corrected chi connectivity index (χ0v) is 19.1. The zero-order valence-electron chi connectivity index (χ0n) is 17.5. The Morgan fingerprint density at radius 1 is 1.00 bits per heavy atom. The third kappa shape index (κ3) is 5.20. The maximum atomic E-state index is 13.4. The Kier molecular flexibility index (Phi) is 6.94. The highest BCUT2D eigenvalue weighted by molar-refractivity contribution is 7.89. The molecule has 2 aliphatic rings. The first-order valence-corrected chi connectivity index (χ1v) is 12.3. The minimum absolute atomic E-state index is 0.00845. The van der Waals surface area contributed by atoms with Gasteiger partial charge in [0.1, 0.15) is 11.6 Å². The number of carbonyl (C=O) groups is 1. The molecule has 0 aliphatic carbocycles. The van der Waals surface area contributed by atoms with Crippen molar-refractivity contribution < 1.29 is 17.6 Å². The molecule has 4 rings (SSSR count). The fourth-order valence-electron chi connectivity index (χ4n) is 3.94. The van der Waals surface area contributed by atoms with E-state index in [2.05, 4.69) is 14.8 Å². The smallest absolute Gasteiger partial charge is 0.243 e. The van der Waals surface area contributed by atoms with Crippen molar-refractivity contribution in [1.82, 2.24) is 19.1 Å². The second kappa shape index (κ2) is 9.70. The van der Waals surface area contributed by atoms with Crippen LogP contribution in [0.1, 0.15) is 0 Å². The van der Waals surface area contributed by atoms with E-state index in [-0.39, 0.29) is 23.9 Å². The van der Waals surface area contributed by atoms with Gasteiger partial charge in [0.2, 0.25) is 15.9 Å². The molecule has 2 aliphatic heterocycles. The molecule has 0 bridgehead atoms. The normalized spacial score (nSPS) is 18.7. The largest absolute Gasteiger partial charge is 0.354 e. The molecule has 0 N–H and O–H groups in total. The Hall–Kier alpha value is -2.27. The van der Waals surface area contributed by atoms with Crippen LogP contribution < -0.4 is 4.90 Å². The number of rotatable bonds is 5. The summed E-state index contributed by atoms with van der Waals surface area (Å²) in [7, 11) is -3.77. The number of aromatic nitrogens is 1. The van der Waals surface area contributed by atoms with E-state index in [0.29, 0.717) is 24.7 Å². The average molecular weight is 482 g/mol. The van der Waals surface area contributed by atoms with E-state index >= 15 is 0 Å². The minimum atomic E-state index is -3.77. The summed E-state index contributed by atoms with van der Waals surface area (Å²) < 4.78 is 40.2. The van der Waals surface area contributed by atoms with E-state index in [4.69, 9.17) is 11.6 Å². The van der Waals surface area contributed by atoms with Crippen molar-refractivity contribution in [2.45, 2.75) is 4.90 Å². The molecule has 2 aromatic rings. The number of hydrogen-bond donors (Lipinski definition) is 0. The van der Waals surface area contributed by atoms with Crippen molar-refractivity contribution in [2.24, 2.45) is 0 Å². The fourth-order valence-corrected chi connectivity index (χ4v) is 5.50. The summed E-state index contributed by atoms with van der Waals surface area (Å²) >= 11 is 5.89. The number of halogens is 2. The molecule has 1 amide bonds. The van der Waals surface area contributed by atoms with Crippen molar-refractivity contribution in [2.75, 3.05) is 63.8 Å². The standard InChI is InChI=1S/C21H25ClFN5O3S/c22-17-4-5-20(24-15-17)26-8-6-25(7-9-26)16-21(29)27-10-12-28(13-11-27)32(30,31)19-3-1-2-18(23)14-19/h1-5,14-15H,6-13,16H2. The summed E-state index contributed by atoms with van der Waals surface area (Å²) in [5.41, 5.74) is 0. The molecular formula is C21H25ClFN5O3S. The molecule has 32 heavy (non-hydrogen) atoms. The van der Waals surface area contributed by atoms with Crippen molar-refractivity contribution in [3.8, 4) is 0 Å². The highest BCUT2D eigenvalue weighted by Crippen LogP contribution is 2.19. The van der Waals surface area contributed by atoms with Crippen LogP contribution in [-0.2, 0) is 14.8 Å².